The lowest BCUT2D eigenvalue weighted by Crippen LogP contribution is -2.17. The summed E-state index contributed by atoms with van der Waals surface area (Å²) in [6, 6.07) is 27.2. The van der Waals surface area contributed by atoms with Crippen LogP contribution in [0.1, 0.15) is 17.4 Å². The topological polar surface area (TPSA) is 33.8 Å². The van der Waals surface area contributed by atoms with Gasteiger partial charge in [-0.1, -0.05) is 72.8 Å². The Bertz CT molecular complexity index is 842. The quantitative estimate of drug-likeness (QED) is 0.473. The van der Waals surface area contributed by atoms with Gasteiger partial charge in [-0.05, 0) is 29.7 Å². The molecule has 0 bridgehead atoms. The molecule has 0 radical (unpaired) electrons. The van der Waals surface area contributed by atoms with Crippen LogP contribution in [0.5, 0.6) is 0 Å². The van der Waals surface area contributed by atoms with Gasteiger partial charge in [0.2, 0.25) is 0 Å². The maximum absolute atomic E-state index is 6.12. The molecule has 2 unspecified atom stereocenters. The second-order valence-corrected chi connectivity index (χ2v) is 6.62. The van der Waals surface area contributed by atoms with Crippen molar-refractivity contribution in [3.63, 3.8) is 0 Å². The second-order valence-electron chi connectivity index (χ2n) is 6.62. The van der Waals surface area contributed by atoms with E-state index in [-0.39, 0.29) is 12.3 Å². The first kappa shape index (κ1) is 16.8. The number of para-hydroxylation sites is 1. The van der Waals surface area contributed by atoms with Gasteiger partial charge in [-0.2, -0.15) is 0 Å². The minimum atomic E-state index is -0.204. The highest BCUT2D eigenvalue weighted by molar-refractivity contribution is 5.63. The van der Waals surface area contributed by atoms with E-state index in [1.165, 1.54) is 16.7 Å². The zero-order chi connectivity index (χ0) is 17.8. The molecule has 132 valence electrons. The number of hydrogen-bond acceptors (Lipinski definition) is 3. The van der Waals surface area contributed by atoms with Crippen molar-refractivity contribution in [2.24, 2.45) is 0 Å². The van der Waals surface area contributed by atoms with Crippen molar-refractivity contribution in [2.45, 2.75) is 19.3 Å². The fourth-order valence-corrected chi connectivity index (χ4v) is 2.95. The molecule has 26 heavy (non-hydrogen) atoms. The fourth-order valence-electron chi connectivity index (χ4n) is 2.95. The number of rotatable bonds is 7. The zero-order valence-corrected chi connectivity index (χ0v) is 14.9. The van der Waals surface area contributed by atoms with Crippen LogP contribution in [0.4, 0.5) is 5.69 Å². The first-order chi connectivity index (χ1) is 12.8. The molecule has 1 heterocycles. The summed E-state index contributed by atoms with van der Waals surface area (Å²) in [5.41, 5.74) is 5.81. The minimum absolute atomic E-state index is 0.204. The van der Waals surface area contributed by atoms with Gasteiger partial charge in [-0.25, -0.2) is 0 Å². The van der Waals surface area contributed by atoms with Gasteiger partial charge in [0.25, 0.3) is 0 Å². The summed E-state index contributed by atoms with van der Waals surface area (Å²) in [5, 5.41) is 3.53. The third-order valence-corrected chi connectivity index (χ3v) is 4.60. The third kappa shape index (κ3) is 4.13. The molecular weight excluding hydrogens is 322 g/mol. The average Bonchev–Trinajstić information content (AvgIpc) is 3.52. The summed E-state index contributed by atoms with van der Waals surface area (Å²) in [4.78, 5) is 0. The van der Waals surface area contributed by atoms with E-state index in [0.29, 0.717) is 6.61 Å². The molecule has 2 atom stereocenters. The summed E-state index contributed by atoms with van der Waals surface area (Å²) < 4.78 is 11.4. The van der Waals surface area contributed by atoms with E-state index in [4.69, 9.17) is 9.47 Å². The molecule has 1 aliphatic heterocycles. The normalized spacial score (nSPS) is 16.9. The van der Waals surface area contributed by atoms with Crippen molar-refractivity contribution in [1.29, 1.82) is 0 Å². The Morgan fingerprint density at radius 3 is 2.27 bits per heavy atom. The van der Waals surface area contributed by atoms with Gasteiger partial charge in [0.1, 0.15) is 6.10 Å². The Morgan fingerprint density at radius 2 is 1.58 bits per heavy atom. The molecule has 4 rings (SSSR count). The predicted octanol–water partition coefficient (Wildman–Crippen LogP) is 5.19. The van der Waals surface area contributed by atoms with E-state index in [1.54, 1.807) is 0 Å². The van der Waals surface area contributed by atoms with Gasteiger partial charge >= 0.3 is 0 Å². The van der Waals surface area contributed by atoms with Gasteiger partial charge < -0.3 is 14.8 Å². The van der Waals surface area contributed by atoms with E-state index in [1.807, 2.05) is 18.2 Å². The number of aryl methyl sites for hydroxylation is 1. The first-order valence-corrected chi connectivity index (χ1v) is 9.00. The third-order valence-electron chi connectivity index (χ3n) is 4.60. The maximum Gasteiger partial charge on any atom is 0.154 e. The van der Waals surface area contributed by atoms with Crippen molar-refractivity contribution < 1.29 is 9.47 Å². The Morgan fingerprint density at radius 1 is 0.923 bits per heavy atom. The van der Waals surface area contributed by atoms with E-state index < -0.39 is 0 Å². The van der Waals surface area contributed by atoms with Gasteiger partial charge in [0.05, 0.1) is 13.2 Å². The summed E-state index contributed by atoms with van der Waals surface area (Å²) in [6.45, 7) is 3.50. The van der Waals surface area contributed by atoms with Crippen LogP contribution in [-0.4, -0.2) is 19.3 Å². The largest absolute Gasteiger partial charge is 0.371 e. The highest BCUT2D eigenvalue weighted by Crippen LogP contribution is 2.27. The van der Waals surface area contributed by atoms with Gasteiger partial charge in [-0.3, -0.25) is 0 Å². The lowest BCUT2D eigenvalue weighted by atomic mass is 10.0. The van der Waals surface area contributed by atoms with Crippen LogP contribution < -0.4 is 5.32 Å². The summed E-state index contributed by atoms with van der Waals surface area (Å²) >= 11 is 0. The number of epoxide rings is 1. The zero-order valence-electron chi connectivity index (χ0n) is 14.9. The molecule has 1 aliphatic rings. The summed E-state index contributed by atoms with van der Waals surface area (Å²) in [7, 11) is 0. The second kappa shape index (κ2) is 7.73. The van der Waals surface area contributed by atoms with Crippen LogP contribution in [0.2, 0.25) is 0 Å². The highest BCUT2D eigenvalue weighted by atomic mass is 16.6. The van der Waals surface area contributed by atoms with Crippen molar-refractivity contribution in [3.8, 4) is 11.1 Å². The number of hydrogen-bond donors (Lipinski definition) is 1. The standard InChI is InChI=1S/C23H23NO2/c1-17-7-5-6-10-22(17)24-23(26-16-21-15-25-21)20-13-11-19(12-14-20)18-8-3-2-4-9-18/h2-14,21,23-24H,15-16H2,1H3. The molecule has 0 aliphatic carbocycles. The predicted molar refractivity (Wildman–Crippen MR) is 105 cm³/mol. The van der Waals surface area contributed by atoms with Gasteiger partial charge in [0.15, 0.2) is 6.23 Å². The maximum atomic E-state index is 6.12. The van der Waals surface area contributed by atoms with E-state index in [2.05, 4.69) is 72.9 Å². The van der Waals surface area contributed by atoms with Gasteiger partial charge in [0, 0.05) is 11.3 Å². The van der Waals surface area contributed by atoms with E-state index >= 15 is 0 Å². The Balaban J connectivity index is 1.55. The van der Waals surface area contributed by atoms with Crippen LogP contribution in [0.3, 0.4) is 0 Å². The average molecular weight is 345 g/mol. The van der Waals surface area contributed by atoms with Crippen LogP contribution in [0.15, 0.2) is 78.9 Å². The number of ether oxygens (including phenoxy) is 2. The number of anilines is 1. The first-order valence-electron chi connectivity index (χ1n) is 9.00. The highest BCUT2D eigenvalue weighted by Gasteiger charge is 2.25. The Kier molecular flexibility index (Phi) is 5.00. The molecule has 0 aromatic heterocycles. The SMILES string of the molecule is Cc1ccccc1NC(OCC1CO1)c1ccc(-c2ccccc2)cc1. The number of nitrogens with one attached hydrogen (secondary N) is 1. The molecule has 0 spiro atoms. The molecule has 0 saturated carbocycles. The Labute approximate surface area is 154 Å². The van der Waals surface area contributed by atoms with Gasteiger partial charge in [-0.15, -0.1) is 0 Å². The van der Waals surface area contributed by atoms with E-state index in [9.17, 15) is 0 Å². The molecule has 3 heteroatoms. The fraction of sp³-hybridized carbons (Fsp3) is 0.217. The van der Waals surface area contributed by atoms with Crippen LogP contribution in [0, 0.1) is 6.92 Å². The van der Waals surface area contributed by atoms with Crippen LogP contribution in [0.25, 0.3) is 11.1 Å². The lowest BCUT2D eigenvalue weighted by Gasteiger charge is -2.22. The van der Waals surface area contributed by atoms with Crippen molar-refractivity contribution >= 4 is 5.69 Å². The molecule has 3 nitrogen and oxygen atoms in total. The molecular formula is C23H23NO2. The van der Waals surface area contributed by atoms with Crippen molar-refractivity contribution in [1.82, 2.24) is 0 Å². The van der Waals surface area contributed by atoms with E-state index in [0.717, 1.165) is 17.9 Å². The summed E-state index contributed by atoms with van der Waals surface area (Å²) in [6.07, 6.45) is 0.0323. The summed E-state index contributed by atoms with van der Waals surface area (Å²) in [5.74, 6) is 0. The van der Waals surface area contributed by atoms with Crippen LogP contribution >= 0.6 is 0 Å². The monoisotopic (exact) mass is 345 g/mol. The van der Waals surface area contributed by atoms with Crippen molar-refractivity contribution in [3.05, 3.63) is 90.0 Å². The lowest BCUT2D eigenvalue weighted by molar-refractivity contribution is 0.0597. The van der Waals surface area contributed by atoms with Crippen molar-refractivity contribution in [2.75, 3.05) is 18.5 Å². The molecule has 0 amide bonds. The van der Waals surface area contributed by atoms with Crippen LogP contribution in [-0.2, 0) is 9.47 Å². The molecule has 1 N–H and O–H groups in total. The molecule has 1 fully saturated rings. The molecule has 1 saturated heterocycles. The smallest absolute Gasteiger partial charge is 0.154 e. The molecule has 3 aromatic carbocycles. The minimum Gasteiger partial charge on any atom is -0.371 e. The number of benzene rings is 3. The Hall–Kier alpha value is -2.62. The molecule has 3 aromatic rings.